The molecule has 2 N–H and O–H groups in total. The third kappa shape index (κ3) is 3.75. The molecule has 146 valence electrons. The Bertz CT molecular complexity index is 676. The van der Waals surface area contributed by atoms with E-state index in [0.29, 0.717) is 5.56 Å². The number of amides is 1. The van der Waals surface area contributed by atoms with Gasteiger partial charge in [-0.25, -0.2) is 4.79 Å². The smallest absolute Gasteiger partial charge is 0.338 e. The van der Waals surface area contributed by atoms with Crippen molar-refractivity contribution in [3.8, 4) is 0 Å². The molecule has 0 spiro atoms. The molecule has 0 radical (unpaired) electrons. The minimum atomic E-state index is -0.517. The fourth-order valence-electron chi connectivity index (χ4n) is 6.10. The molecular weight excluding hydrogens is 342 g/mol. The van der Waals surface area contributed by atoms with Gasteiger partial charge in [0.15, 0.2) is 6.61 Å². The summed E-state index contributed by atoms with van der Waals surface area (Å²) < 4.78 is 5.17. The summed E-state index contributed by atoms with van der Waals surface area (Å²) in [4.78, 5) is 24.5. The van der Waals surface area contributed by atoms with E-state index in [9.17, 15) is 9.59 Å². The van der Waals surface area contributed by atoms with Crippen LogP contribution >= 0.6 is 0 Å². The van der Waals surface area contributed by atoms with Crippen LogP contribution in [0.5, 0.6) is 0 Å². The van der Waals surface area contributed by atoms with Gasteiger partial charge in [0.1, 0.15) is 0 Å². The average Bonchev–Trinajstić information content (AvgIpc) is 2.65. The SMILES string of the molecule is CC(NC(=O)COC(=O)c1ccc(CO)cc1)C12CC3CC(CC(C3)C1)C2. The molecule has 5 nitrogen and oxygen atoms in total. The maximum atomic E-state index is 12.4. The quantitative estimate of drug-likeness (QED) is 0.754. The number of nitrogens with one attached hydrogen (secondary N) is 1. The summed E-state index contributed by atoms with van der Waals surface area (Å²) in [5, 5.41) is 12.2. The van der Waals surface area contributed by atoms with E-state index >= 15 is 0 Å². The number of esters is 1. The van der Waals surface area contributed by atoms with Gasteiger partial charge in [-0.2, -0.15) is 0 Å². The normalized spacial score (nSPS) is 32.1. The Kier molecular flexibility index (Phi) is 4.97. The number of rotatable bonds is 6. The van der Waals surface area contributed by atoms with Crippen LogP contribution in [0.25, 0.3) is 0 Å². The van der Waals surface area contributed by atoms with Gasteiger partial charge in [-0.05, 0) is 86.3 Å². The van der Waals surface area contributed by atoms with E-state index in [1.54, 1.807) is 24.3 Å². The fraction of sp³-hybridized carbons (Fsp3) is 0.636. The molecule has 27 heavy (non-hydrogen) atoms. The molecule has 5 heteroatoms. The zero-order valence-corrected chi connectivity index (χ0v) is 15.9. The second-order valence-corrected chi connectivity index (χ2v) is 9.00. The first-order valence-corrected chi connectivity index (χ1v) is 10.1. The summed E-state index contributed by atoms with van der Waals surface area (Å²) in [5.74, 6) is 1.79. The molecule has 1 aromatic rings. The Balaban J connectivity index is 1.29. The summed E-state index contributed by atoms with van der Waals surface area (Å²) in [6, 6.07) is 6.67. The second-order valence-electron chi connectivity index (χ2n) is 9.00. The molecule has 0 saturated heterocycles. The lowest BCUT2D eigenvalue weighted by atomic mass is 9.48. The predicted molar refractivity (Wildman–Crippen MR) is 101 cm³/mol. The highest BCUT2D eigenvalue weighted by Gasteiger charge is 2.53. The van der Waals surface area contributed by atoms with E-state index in [0.717, 1.165) is 23.3 Å². The Morgan fingerprint density at radius 3 is 2.19 bits per heavy atom. The highest BCUT2D eigenvalue weighted by Crippen LogP contribution is 2.61. The van der Waals surface area contributed by atoms with Crippen LogP contribution < -0.4 is 5.32 Å². The molecule has 1 amide bonds. The monoisotopic (exact) mass is 371 g/mol. The van der Waals surface area contributed by atoms with Crippen LogP contribution in [0, 0.1) is 23.2 Å². The summed E-state index contributed by atoms with van der Waals surface area (Å²) in [6.07, 6.45) is 7.85. The lowest BCUT2D eigenvalue weighted by Crippen LogP contribution is -2.56. The standard InChI is InChI=1S/C22H29NO4/c1-14(22-9-16-6-17(10-22)8-18(7-16)11-22)23-20(25)13-27-21(26)19-4-2-15(12-24)3-5-19/h2-5,14,16-18,24H,6-13H2,1H3,(H,23,25). The highest BCUT2D eigenvalue weighted by atomic mass is 16.5. The number of carbonyl (C=O) groups excluding carboxylic acids is 2. The van der Waals surface area contributed by atoms with Gasteiger partial charge in [-0.3, -0.25) is 4.79 Å². The van der Waals surface area contributed by atoms with Gasteiger partial charge in [-0.15, -0.1) is 0 Å². The molecule has 4 fully saturated rings. The Labute approximate surface area is 160 Å². The molecule has 5 rings (SSSR count). The zero-order chi connectivity index (χ0) is 19.0. The van der Waals surface area contributed by atoms with E-state index in [1.807, 2.05) is 0 Å². The van der Waals surface area contributed by atoms with Crippen molar-refractivity contribution in [1.82, 2.24) is 5.32 Å². The van der Waals surface area contributed by atoms with Crippen LogP contribution in [0.1, 0.15) is 61.4 Å². The first-order chi connectivity index (χ1) is 13.0. The van der Waals surface area contributed by atoms with Crippen LogP contribution in [0.15, 0.2) is 24.3 Å². The molecule has 0 aliphatic heterocycles. The van der Waals surface area contributed by atoms with Gasteiger partial charge < -0.3 is 15.2 Å². The van der Waals surface area contributed by atoms with Crippen LogP contribution in [0.2, 0.25) is 0 Å². The molecule has 0 aromatic heterocycles. The van der Waals surface area contributed by atoms with Crippen molar-refractivity contribution in [1.29, 1.82) is 0 Å². The van der Waals surface area contributed by atoms with E-state index in [2.05, 4.69) is 12.2 Å². The van der Waals surface area contributed by atoms with E-state index in [4.69, 9.17) is 9.84 Å². The van der Waals surface area contributed by atoms with E-state index in [-0.39, 0.29) is 30.6 Å². The molecular formula is C22H29NO4. The number of carbonyl (C=O) groups is 2. The number of benzene rings is 1. The first kappa shape index (κ1) is 18.5. The van der Waals surface area contributed by atoms with Gasteiger partial charge in [-0.1, -0.05) is 12.1 Å². The number of hydrogen-bond acceptors (Lipinski definition) is 4. The second kappa shape index (κ2) is 7.27. The average molecular weight is 371 g/mol. The third-order valence-electron chi connectivity index (χ3n) is 7.09. The summed E-state index contributed by atoms with van der Waals surface area (Å²) >= 11 is 0. The molecule has 4 saturated carbocycles. The van der Waals surface area contributed by atoms with Crippen molar-refractivity contribution < 1.29 is 19.4 Å². The maximum Gasteiger partial charge on any atom is 0.338 e. The summed E-state index contributed by atoms with van der Waals surface area (Å²) in [7, 11) is 0. The van der Waals surface area contributed by atoms with Crippen LogP contribution in [0.4, 0.5) is 0 Å². The summed E-state index contributed by atoms with van der Waals surface area (Å²) in [6.45, 7) is 1.80. The first-order valence-electron chi connectivity index (χ1n) is 10.1. The van der Waals surface area contributed by atoms with Gasteiger partial charge in [0.05, 0.1) is 12.2 Å². The van der Waals surface area contributed by atoms with Crippen LogP contribution in [-0.2, 0) is 16.1 Å². The Morgan fingerprint density at radius 1 is 1.11 bits per heavy atom. The van der Waals surface area contributed by atoms with Gasteiger partial charge >= 0.3 is 5.97 Å². The van der Waals surface area contributed by atoms with Gasteiger partial charge in [0.2, 0.25) is 0 Å². The molecule has 1 aromatic carbocycles. The van der Waals surface area contributed by atoms with Crippen molar-refractivity contribution in [2.75, 3.05) is 6.61 Å². The fourth-order valence-corrected chi connectivity index (χ4v) is 6.10. The van der Waals surface area contributed by atoms with Crippen molar-refractivity contribution in [2.45, 2.75) is 58.1 Å². The van der Waals surface area contributed by atoms with Crippen molar-refractivity contribution in [2.24, 2.45) is 23.2 Å². The van der Waals surface area contributed by atoms with E-state index in [1.165, 1.54) is 38.5 Å². The number of hydrogen-bond donors (Lipinski definition) is 2. The predicted octanol–water partition coefficient (Wildman–Crippen LogP) is 3.06. The van der Waals surface area contributed by atoms with Crippen molar-refractivity contribution in [3.63, 3.8) is 0 Å². The van der Waals surface area contributed by atoms with Crippen LogP contribution in [-0.4, -0.2) is 29.6 Å². The number of aliphatic hydroxyl groups excluding tert-OH is 1. The molecule has 1 atom stereocenters. The maximum absolute atomic E-state index is 12.4. The minimum absolute atomic E-state index is 0.0695. The number of ether oxygens (including phenoxy) is 1. The van der Waals surface area contributed by atoms with Crippen molar-refractivity contribution in [3.05, 3.63) is 35.4 Å². The molecule has 4 aliphatic carbocycles. The molecule has 4 aliphatic rings. The Hall–Kier alpha value is -1.88. The molecule has 1 unspecified atom stereocenters. The minimum Gasteiger partial charge on any atom is -0.452 e. The van der Waals surface area contributed by atoms with Gasteiger partial charge in [0.25, 0.3) is 5.91 Å². The molecule has 0 heterocycles. The largest absolute Gasteiger partial charge is 0.452 e. The molecule has 4 bridgehead atoms. The lowest BCUT2D eigenvalue weighted by molar-refractivity contribution is -0.128. The Morgan fingerprint density at radius 2 is 1.67 bits per heavy atom. The highest BCUT2D eigenvalue weighted by molar-refractivity contribution is 5.91. The van der Waals surface area contributed by atoms with Gasteiger partial charge in [0, 0.05) is 6.04 Å². The lowest BCUT2D eigenvalue weighted by Gasteiger charge is -2.59. The number of aliphatic hydroxyl groups is 1. The topological polar surface area (TPSA) is 75.6 Å². The summed E-state index contributed by atoms with van der Waals surface area (Å²) in [5.41, 5.74) is 1.36. The van der Waals surface area contributed by atoms with E-state index < -0.39 is 5.97 Å². The van der Waals surface area contributed by atoms with Crippen molar-refractivity contribution >= 4 is 11.9 Å². The van der Waals surface area contributed by atoms with Crippen LogP contribution in [0.3, 0.4) is 0 Å². The third-order valence-corrected chi connectivity index (χ3v) is 7.09. The zero-order valence-electron chi connectivity index (χ0n) is 15.9.